The van der Waals surface area contributed by atoms with Crippen molar-refractivity contribution in [2.75, 3.05) is 19.7 Å². The quantitative estimate of drug-likeness (QED) is 0.921. The van der Waals surface area contributed by atoms with Gasteiger partial charge < -0.3 is 14.3 Å². The first kappa shape index (κ1) is 13.8. The second kappa shape index (κ2) is 6.07. The van der Waals surface area contributed by atoms with Gasteiger partial charge in [0.05, 0.1) is 12.3 Å². The number of hydrogen-bond donors (Lipinski definition) is 1. The molecule has 6 nitrogen and oxygen atoms in total. The van der Waals surface area contributed by atoms with Crippen LogP contribution in [-0.4, -0.2) is 46.8 Å². The highest BCUT2D eigenvalue weighted by atomic mass is 16.5. The van der Waals surface area contributed by atoms with Crippen molar-refractivity contribution in [1.29, 1.82) is 0 Å². The van der Waals surface area contributed by atoms with Gasteiger partial charge in [0.2, 0.25) is 5.89 Å². The normalized spacial score (nSPS) is 19.5. The summed E-state index contributed by atoms with van der Waals surface area (Å²) in [5.41, 5.74) is 1.72. The van der Waals surface area contributed by atoms with Crippen LogP contribution < -0.4 is 0 Å². The molecule has 1 atom stereocenters. The summed E-state index contributed by atoms with van der Waals surface area (Å²) in [6.45, 7) is 2.03. The predicted octanol–water partition coefficient (Wildman–Crippen LogP) is 1.63. The zero-order chi connectivity index (χ0) is 14.7. The van der Waals surface area contributed by atoms with Crippen LogP contribution >= 0.6 is 0 Å². The Morgan fingerprint density at radius 1 is 1.38 bits per heavy atom. The molecule has 2 aromatic rings. The van der Waals surface area contributed by atoms with Crippen molar-refractivity contribution in [2.45, 2.75) is 12.6 Å². The molecule has 1 N–H and O–H groups in total. The van der Waals surface area contributed by atoms with Gasteiger partial charge in [0.15, 0.2) is 6.10 Å². The van der Waals surface area contributed by atoms with Gasteiger partial charge in [-0.2, -0.15) is 0 Å². The molecule has 6 heteroatoms. The first-order valence-electron chi connectivity index (χ1n) is 6.79. The van der Waals surface area contributed by atoms with Crippen molar-refractivity contribution in [3.05, 3.63) is 42.3 Å². The Balaban J connectivity index is 1.66. The first-order chi connectivity index (χ1) is 10.2. The lowest BCUT2D eigenvalue weighted by molar-refractivity contribution is -0.156. The van der Waals surface area contributed by atoms with Crippen LogP contribution in [0.2, 0.25) is 0 Å². The fourth-order valence-corrected chi connectivity index (χ4v) is 2.32. The minimum Gasteiger partial charge on any atom is -0.479 e. The van der Waals surface area contributed by atoms with Crippen molar-refractivity contribution in [3.63, 3.8) is 0 Å². The van der Waals surface area contributed by atoms with E-state index in [-0.39, 0.29) is 0 Å². The molecule has 3 rings (SSSR count). The Kier molecular flexibility index (Phi) is 3.98. The van der Waals surface area contributed by atoms with Crippen molar-refractivity contribution >= 4 is 5.97 Å². The van der Waals surface area contributed by atoms with E-state index in [1.54, 1.807) is 6.26 Å². The lowest BCUT2D eigenvalue weighted by atomic mass is 10.2. The monoisotopic (exact) mass is 288 g/mol. The van der Waals surface area contributed by atoms with E-state index in [1.165, 1.54) is 0 Å². The molecule has 0 radical (unpaired) electrons. The van der Waals surface area contributed by atoms with Gasteiger partial charge in [-0.05, 0) is 12.1 Å². The molecule has 1 aromatic heterocycles. The molecule has 0 bridgehead atoms. The molecular weight excluding hydrogens is 272 g/mol. The summed E-state index contributed by atoms with van der Waals surface area (Å²) < 4.78 is 10.7. The Bertz CT molecular complexity index is 611. The van der Waals surface area contributed by atoms with Crippen LogP contribution in [0.4, 0.5) is 0 Å². The van der Waals surface area contributed by atoms with Crippen LogP contribution in [0.15, 0.2) is 41.0 Å². The molecule has 0 spiro atoms. The van der Waals surface area contributed by atoms with E-state index in [1.807, 2.05) is 35.2 Å². The lowest BCUT2D eigenvalue weighted by Crippen LogP contribution is -2.45. The average molecular weight is 288 g/mol. The van der Waals surface area contributed by atoms with Crippen LogP contribution in [-0.2, 0) is 16.1 Å². The SMILES string of the molecule is O=C(O)C1CN(Cc2coc(-c3ccccc3)n2)CCO1. The molecule has 0 amide bonds. The summed E-state index contributed by atoms with van der Waals surface area (Å²) >= 11 is 0. The van der Waals surface area contributed by atoms with Crippen LogP contribution in [0.5, 0.6) is 0 Å². The molecule has 1 aliphatic heterocycles. The lowest BCUT2D eigenvalue weighted by Gasteiger charge is -2.29. The van der Waals surface area contributed by atoms with Gasteiger partial charge >= 0.3 is 5.97 Å². The van der Waals surface area contributed by atoms with E-state index in [2.05, 4.69) is 4.98 Å². The van der Waals surface area contributed by atoms with E-state index in [0.717, 1.165) is 11.3 Å². The van der Waals surface area contributed by atoms with Crippen LogP contribution in [0.3, 0.4) is 0 Å². The van der Waals surface area contributed by atoms with E-state index in [9.17, 15) is 4.79 Å². The van der Waals surface area contributed by atoms with Gasteiger partial charge in [-0.25, -0.2) is 9.78 Å². The molecule has 110 valence electrons. The van der Waals surface area contributed by atoms with E-state index >= 15 is 0 Å². The van der Waals surface area contributed by atoms with Gasteiger partial charge in [0.25, 0.3) is 0 Å². The Labute approximate surface area is 122 Å². The van der Waals surface area contributed by atoms with Crippen molar-refractivity contribution in [3.8, 4) is 11.5 Å². The molecule has 21 heavy (non-hydrogen) atoms. The topological polar surface area (TPSA) is 75.8 Å². The Hall–Kier alpha value is -2.18. The molecule has 0 aliphatic carbocycles. The molecule has 1 aromatic carbocycles. The summed E-state index contributed by atoms with van der Waals surface area (Å²) in [5, 5.41) is 8.99. The number of carboxylic acid groups (broad SMARTS) is 1. The number of ether oxygens (including phenoxy) is 1. The molecular formula is C15H16N2O4. The predicted molar refractivity (Wildman–Crippen MR) is 74.6 cm³/mol. The minimum absolute atomic E-state index is 0.364. The van der Waals surface area contributed by atoms with Gasteiger partial charge in [0.1, 0.15) is 6.26 Å². The number of aliphatic carboxylic acids is 1. The third-order valence-corrected chi connectivity index (χ3v) is 3.38. The molecule has 1 saturated heterocycles. The summed E-state index contributed by atoms with van der Waals surface area (Å²) in [6, 6.07) is 9.67. The number of aromatic nitrogens is 1. The highest BCUT2D eigenvalue weighted by Gasteiger charge is 2.26. The summed E-state index contributed by atoms with van der Waals surface area (Å²) in [7, 11) is 0. The number of carboxylic acids is 1. The highest BCUT2D eigenvalue weighted by molar-refractivity contribution is 5.72. The standard InChI is InChI=1S/C15H16N2O4/c18-15(19)13-9-17(6-7-20-13)8-12-10-21-14(16-12)11-4-2-1-3-5-11/h1-5,10,13H,6-9H2,(H,18,19). The number of carbonyl (C=O) groups is 1. The van der Waals surface area contributed by atoms with Gasteiger partial charge in [-0.1, -0.05) is 18.2 Å². The smallest absolute Gasteiger partial charge is 0.334 e. The fourth-order valence-electron chi connectivity index (χ4n) is 2.32. The maximum absolute atomic E-state index is 11.0. The van der Waals surface area contributed by atoms with Crippen LogP contribution in [0, 0.1) is 0 Å². The zero-order valence-electron chi connectivity index (χ0n) is 11.4. The van der Waals surface area contributed by atoms with Gasteiger partial charge in [0, 0.05) is 25.2 Å². The van der Waals surface area contributed by atoms with E-state index in [4.69, 9.17) is 14.3 Å². The highest BCUT2D eigenvalue weighted by Crippen LogP contribution is 2.19. The zero-order valence-corrected chi connectivity index (χ0v) is 11.4. The number of nitrogens with zero attached hydrogens (tertiary/aromatic N) is 2. The third kappa shape index (κ3) is 3.29. The first-order valence-corrected chi connectivity index (χ1v) is 6.79. The number of hydrogen-bond acceptors (Lipinski definition) is 5. The summed E-state index contributed by atoms with van der Waals surface area (Å²) in [6.07, 6.45) is 0.854. The third-order valence-electron chi connectivity index (χ3n) is 3.38. The molecule has 1 fully saturated rings. The van der Waals surface area contributed by atoms with Crippen molar-refractivity contribution in [1.82, 2.24) is 9.88 Å². The van der Waals surface area contributed by atoms with Crippen molar-refractivity contribution < 1.29 is 19.1 Å². The molecule has 1 unspecified atom stereocenters. The van der Waals surface area contributed by atoms with Gasteiger partial charge in [-0.3, -0.25) is 4.90 Å². The maximum Gasteiger partial charge on any atom is 0.334 e. The van der Waals surface area contributed by atoms with Gasteiger partial charge in [-0.15, -0.1) is 0 Å². The average Bonchev–Trinajstić information content (AvgIpc) is 2.97. The van der Waals surface area contributed by atoms with E-state index < -0.39 is 12.1 Å². The molecule has 1 aliphatic rings. The van der Waals surface area contributed by atoms with E-state index in [0.29, 0.717) is 32.1 Å². The Morgan fingerprint density at radius 2 is 2.19 bits per heavy atom. The molecule has 0 saturated carbocycles. The summed E-state index contributed by atoms with van der Waals surface area (Å²) in [5.74, 6) is -0.349. The summed E-state index contributed by atoms with van der Waals surface area (Å²) in [4.78, 5) is 17.4. The number of morpholine rings is 1. The maximum atomic E-state index is 11.0. The number of benzene rings is 1. The largest absolute Gasteiger partial charge is 0.479 e. The number of oxazole rings is 1. The number of rotatable bonds is 4. The molecule has 2 heterocycles. The minimum atomic E-state index is -0.926. The van der Waals surface area contributed by atoms with Crippen LogP contribution in [0.1, 0.15) is 5.69 Å². The second-order valence-electron chi connectivity index (χ2n) is 4.94. The second-order valence-corrected chi connectivity index (χ2v) is 4.94. The fraction of sp³-hybridized carbons (Fsp3) is 0.333. The Morgan fingerprint density at radius 3 is 2.95 bits per heavy atom. The van der Waals surface area contributed by atoms with Crippen LogP contribution in [0.25, 0.3) is 11.5 Å². The van der Waals surface area contributed by atoms with Crippen molar-refractivity contribution in [2.24, 2.45) is 0 Å².